The zero-order valence-corrected chi connectivity index (χ0v) is 20.4. The van der Waals surface area contributed by atoms with E-state index in [-0.39, 0.29) is 47.0 Å². The van der Waals surface area contributed by atoms with Crippen LogP contribution in [0.5, 0.6) is 0 Å². The first-order chi connectivity index (χ1) is 18.5. The smallest absolute Gasteiger partial charge is 0.361 e. The van der Waals surface area contributed by atoms with E-state index in [1.54, 1.807) is 13.0 Å². The van der Waals surface area contributed by atoms with E-state index in [9.17, 15) is 27.6 Å². The van der Waals surface area contributed by atoms with Crippen LogP contribution in [-0.2, 0) is 24.1 Å². The van der Waals surface area contributed by atoms with Crippen LogP contribution in [0.2, 0.25) is 0 Å². The maximum absolute atomic E-state index is 13.3. The number of aromatic nitrogens is 7. The third-order valence-electron chi connectivity index (χ3n) is 5.77. The fraction of sp³-hybridized carbons (Fsp3) is 0.208. The number of aromatic amines is 1. The summed E-state index contributed by atoms with van der Waals surface area (Å²) >= 11 is 0. The van der Waals surface area contributed by atoms with Crippen LogP contribution in [0, 0.1) is 13.8 Å². The van der Waals surface area contributed by atoms with Crippen molar-refractivity contribution in [3.63, 3.8) is 0 Å². The van der Waals surface area contributed by atoms with Gasteiger partial charge in [0.1, 0.15) is 23.8 Å². The Kier molecular flexibility index (Phi) is 6.33. The highest BCUT2D eigenvalue weighted by Gasteiger charge is 2.33. The third kappa shape index (κ3) is 5.18. The van der Waals surface area contributed by atoms with Crippen molar-refractivity contribution in [3.05, 3.63) is 86.4 Å². The van der Waals surface area contributed by atoms with E-state index in [1.165, 1.54) is 42.2 Å². The molecular weight excluding hydrogens is 521 g/mol. The van der Waals surface area contributed by atoms with E-state index >= 15 is 0 Å². The van der Waals surface area contributed by atoms with E-state index in [1.807, 2.05) is 0 Å². The number of pyridine rings is 2. The number of carbonyl (C=O) groups is 1. The summed E-state index contributed by atoms with van der Waals surface area (Å²) in [5.41, 5.74) is -1.81. The SMILES string of the molecule is Cc1cc(Cn2c(=O)[nH]c3ncn(CC(=O)Nc4cccc(-c5cnc(C)c(C(F)(F)F)c5)n4)c3c2=O)no1. The number of rotatable bonds is 6. The summed E-state index contributed by atoms with van der Waals surface area (Å²) < 4.78 is 47.0. The minimum atomic E-state index is -4.58. The number of nitrogens with zero attached hydrogens (tertiary/aromatic N) is 6. The molecule has 200 valence electrons. The van der Waals surface area contributed by atoms with E-state index < -0.39 is 28.9 Å². The Labute approximate surface area is 216 Å². The van der Waals surface area contributed by atoms with Gasteiger partial charge in [-0.3, -0.25) is 24.1 Å². The molecule has 39 heavy (non-hydrogen) atoms. The molecule has 0 fully saturated rings. The molecule has 0 saturated heterocycles. The number of imidazole rings is 1. The number of carbonyl (C=O) groups excluding carboxylic acids is 1. The molecule has 0 atom stereocenters. The molecule has 0 aliphatic heterocycles. The van der Waals surface area contributed by atoms with Gasteiger partial charge < -0.3 is 14.4 Å². The number of amides is 1. The molecule has 5 aromatic heterocycles. The average molecular weight is 540 g/mol. The second kappa shape index (κ2) is 9.66. The maximum atomic E-state index is 13.3. The molecule has 0 radical (unpaired) electrons. The summed E-state index contributed by atoms with van der Waals surface area (Å²) in [4.78, 5) is 52.9. The number of halogens is 3. The number of H-pyrrole nitrogens is 1. The van der Waals surface area contributed by atoms with Gasteiger partial charge in [0.05, 0.1) is 24.1 Å². The van der Waals surface area contributed by atoms with Gasteiger partial charge in [-0.15, -0.1) is 0 Å². The van der Waals surface area contributed by atoms with Gasteiger partial charge in [-0.2, -0.15) is 13.2 Å². The lowest BCUT2D eigenvalue weighted by Crippen LogP contribution is -2.36. The Morgan fingerprint density at radius 1 is 1.15 bits per heavy atom. The highest BCUT2D eigenvalue weighted by molar-refractivity contribution is 5.90. The van der Waals surface area contributed by atoms with Gasteiger partial charge in [0.2, 0.25) is 5.91 Å². The molecule has 2 N–H and O–H groups in total. The van der Waals surface area contributed by atoms with E-state index in [0.29, 0.717) is 11.5 Å². The number of aryl methyl sites for hydroxylation is 2. The highest BCUT2D eigenvalue weighted by atomic mass is 19.4. The van der Waals surface area contributed by atoms with Gasteiger partial charge in [-0.25, -0.2) is 14.8 Å². The molecule has 5 aromatic rings. The van der Waals surface area contributed by atoms with Gasteiger partial charge in [-0.05, 0) is 32.0 Å². The minimum Gasteiger partial charge on any atom is -0.361 e. The van der Waals surface area contributed by atoms with Crippen molar-refractivity contribution >= 4 is 22.9 Å². The van der Waals surface area contributed by atoms with Crippen molar-refractivity contribution in [2.24, 2.45) is 0 Å². The molecule has 5 rings (SSSR count). The molecule has 15 heteroatoms. The molecule has 12 nitrogen and oxygen atoms in total. The van der Waals surface area contributed by atoms with Crippen LogP contribution in [0.4, 0.5) is 19.0 Å². The molecule has 0 saturated carbocycles. The van der Waals surface area contributed by atoms with Crippen LogP contribution >= 0.6 is 0 Å². The van der Waals surface area contributed by atoms with Gasteiger partial charge in [-0.1, -0.05) is 11.2 Å². The van der Waals surface area contributed by atoms with Crippen molar-refractivity contribution in [1.82, 2.24) is 34.2 Å². The Morgan fingerprint density at radius 3 is 2.67 bits per heavy atom. The minimum absolute atomic E-state index is 0.00199. The second-order valence-electron chi connectivity index (χ2n) is 8.63. The molecule has 0 spiro atoms. The zero-order valence-electron chi connectivity index (χ0n) is 20.4. The second-order valence-corrected chi connectivity index (χ2v) is 8.63. The van der Waals surface area contributed by atoms with E-state index in [2.05, 4.69) is 30.4 Å². The Hall–Kier alpha value is -5.08. The summed E-state index contributed by atoms with van der Waals surface area (Å²) in [5, 5.41) is 6.34. The number of hydrogen-bond acceptors (Lipinski definition) is 8. The van der Waals surface area contributed by atoms with Crippen molar-refractivity contribution in [2.75, 3.05) is 5.32 Å². The Morgan fingerprint density at radius 2 is 1.95 bits per heavy atom. The first-order valence-corrected chi connectivity index (χ1v) is 11.4. The summed E-state index contributed by atoms with van der Waals surface area (Å²) in [6, 6.07) is 7.00. The predicted molar refractivity (Wildman–Crippen MR) is 131 cm³/mol. The molecule has 0 aliphatic rings. The zero-order chi connectivity index (χ0) is 27.9. The summed E-state index contributed by atoms with van der Waals surface area (Å²) in [7, 11) is 0. The summed E-state index contributed by atoms with van der Waals surface area (Å²) in [5.74, 6) is -0.0149. The fourth-order valence-electron chi connectivity index (χ4n) is 3.97. The summed E-state index contributed by atoms with van der Waals surface area (Å²) in [6.07, 6.45) is -2.09. The monoisotopic (exact) mass is 540 g/mol. The quantitative estimate of drug-likeness (QED) is 0.333. The number of alkyl halides is 3. The van der Waals surface area contributed by atoms with Crippen molar-refractivity contribution in [1.29, 1.82) is 0 Å². The van der Waals surface area contributed by atoms with Crippen LogP contribution < -0.4 is 16.6 Å². The van der Waals surface area contributed by atoms with Crippen LogP contribution in [-0.4, -0.2) is 40.1 Å². The van der Waals surface area contributed by atoms with Crippen LogP contribution in [0.25, 0.3) is 22.4 Å². The topological polar surface area (TPSA) is 154 Å². The first-order valence-electron chi connectivity index (χ1n) is 11.4. The Bertz CT molecular complexity index is 1830. The standard InChI is InChI=1S/C24H19F3N8O4/c1-12-6-15(33-39-12)9-35-22(37)20-21(32-23(35)38)29-11-34(20)10-19(36)31-18-5-3-4-17(30-18)14-7-16(24(25,26)27)13(2)28-8-14/h3-8,11H,9-10H2,1-2H3,(H,32,38)(H,30,31,36). The average Bonchev–Trinajstić information content (AvgIpc) is 3.46. The predicted octanol–water partition coefficient (Wildman–Crippen LogP) is 2.65. The molecule has 0 aromatic carbocycles. The highest BCUT2D eigenvalue weighted by Crippen LogP contribution is 2.33. The normalized spacial score (nSPS) is 11.7. The van der Waals surface area contributed by atoms with Gasteiger partial charge in [0.15, 0.2) is 11.2 Å². The lowest BCUT2D eigenvalue weighted by Gasteiger charge is -2.12. The number of nitrogens with one attached hydrogen (secondary N) is 2. The fourth-order valence-corrected chi connectivity index (χ4v) is 3.97. The molecular formula is C24H19F3N8O4. The van der Waals surface area contributed by atoms with Crippen LogP contribution in [0.3, 0.4) is 0 Å². The Balaban J connectivity index is 1.39. The third-order valence-corrected chi connectivity index (χ3v) is 5.77. The number of hydrogen-bond donors (Lipinski definition) is 2. The van der Waals surface area contributed by atoms with Crippen molar-refractivity contribution < 1.29 is 22.5 Å². The van der Waals surface area contributed by atoms with Crippen molar-refractivity contribution in [3.8, 4) is 11.3 Å². The van der Waals surface area contributed by atoms with E-state index in [4.69, 9.17) is 4.52 Å². The molecule has 0 unspecified atom stereocenters. The number of fused-ring (bicyclic) bond motifs is 1. The molecule has 0 bridgehead atoms. The lowest BCUT2D eigenvalue weighted by molar-refractivity contribution is -0.138. The van der Waals surface area contributed by atoms with E-state index in [0.717, 1.165) is 10.6 Å². The van der Waals surface area contributed by atoms with Crippen molar-refractivity contribution in [2.45, 2.75) is 33.1 Å². The van der Waals surface area contributed by atoms with Gasteiger partial charge >= 0.3 is 11.9 Å². The van der Waals surface area contributed by atoms with Gasteiger partial charge in [0.25, 0.3) is 5.56 Å². The lowest BCUT2D eigenvalue weighted by atomic mass is 10.1. The van der Waals surface area contributed by atoms with Gasteiger partial charge in [0, 0.05) is 23.5 Å². The number of anilines is 1. The maximum Gasteiger partial charge on any atom is 0.418 e. The summed E-state index contributed by atoms with van der Waals surface area (Å²) in [6.45, 7) is 2.41. The van der Waals surface area contributed by atoms with Crippen LogP contribution in [0.15, 0.2) is 57.0 Å². The molecule has 5 heterocycles. The molecule has 0 aliphatic carbocycles. The first kappa shape index (κ1) is 25.6. The molecule has 1 amide bonds. The van der Waals surface area contributed by atoms with Crippen LogP contribution in [0.1, 0.15) is 22.7 Å². The largest absolute Gasteiger partial charge is 0.418 e.